The second-order valence-corrected chi connectivity index (χ2v) is 7.46. The summed E-state index contributed by atoms with van der Waals surface area (Å²) in [5.74, 6) is -1.95. The van der Waals surface area contributed by atoms with Crippen molar-refractivity contribution in [3.05, 3.63) is 16.3 Å². The number of sulfonamides is 1. The zero-order valence-corrected chi connectivity index (χ0v) is 12.7. The van der Waals surface area contributed by atoms with E-state index in [1.165, 1.54) is 5.38 Å². The van der Waals surface area contributed by atoms with Crippen molar-refractivity contribution in [2.45, 2.75) is 18.7 Å². The molecule has 1 amide bonds. The molecule has 0 aliphatic heterocycles. The van der Waals surface area contributed by atoms with Crippen LogP contribution in [0.2, 0.25) is 0 Å². The fourth-order valence-corrected chi connectivity index (χ4v) is 4.21. The van der Waals surface area contributed by atoms with Gasteiger partial charge in [-0.2, -0.15) is 4.31 Å². The Bertz CT molecular complexity index is 606. The second-order valence-electron chi connectivity index (χ2n) is 4.61. The third kappa shape index (κ3) is 4.02. The van der Waals surface area contributed by atoms with Gasteiger partial charge >= 0.3 is 5.97 Å². The number of hydrogen-bond donors (Lipinski definition) is 2. The molecule has 112 valence electrons. The zero-order valence-electron chi connectivity index (χ0n) is 11.1. The molecule has 0 unspecified atom stereocenters. The number of rotatable bonds is 7. The van der Waals surface area contributed by atoms with Gasteiger partial charge in [0.05, 0.1) is 11.4 Å². The Hall–Kier alpha value is -1.45. The van der Waals surface area contributed by atoms with Gasteiger partial charge in [0.15, 0.2) is 0 Å². The number of carbonyl (C=O) groups excluding carboxylic acids is 1. The van der Waals surface area contributed by atoms with E-state index in [9.17, 15) is 18.0 Å². The summed E-state index contributed by atoms with van der Waals surface area (Å²) in [6.45, 7) is 3.31. The molecule has 3 N–H and O–H groups in total. The van der Waals surface area contributed by atoms with Crippen LogP contribution in [0.4, 0.5) is 0 Å². The predicted molar refractivity (Wildman–Crippen MR) is 74.1 cm³/mol. The van der Waals surface area contributed by atoms with Crippen molar-refractivity contribution in [1.82, 2.24) is 4.31 Å². The van der Waals surface area contributed by atoms with E-state index in [-0.39, 0.29) is 22.2 Å². The molecule has 0 aromatic carbocycles. The lowest BCUT2D eigenvalue weighted by atomic mass is 10.2. The minimum Gasteiger partial charge on any atom is -0.477 e. The number of carboxylic acid groups (broad SMARTS) is 1. The molecular weight excluding hydrogens is 304 g/mol. The molecule has 0 saturated heterocycles. The highest BCUT2D eigenvalue weighted by molar-refractivity contribution is 7.89. The van der Waals surface area contributed by atoms with Gasteiger partial charge in [-0.05, 0) is 12.0 Å². The number of primary amides is 1. The molecule has 0 bridgehead atoms. The van der Waals surface area contributed by atoms with Gasteiger partial charge in [-0.15, -0.1) is 11.3 Å². The Labute approximate surface area is 121 Å². The first-order valence-corrected chi connectivity index (χ1v) is 8.07. The molecule has 1 aromatic rings. The topological polar surface area (TPSA) is 118 Å². The Kier molecular flexibility index (Phi) is 5.26. The monoisotopic (exact) mass is 320 g/mol. The van der Waals surface area contributed by atoms with Gasteiger partial charge in [-0.25, -0.2) is 13.2 Å². The summed E-state index contributed by atoms with van der Waals surface area (Å²) in [5, 5.41) is 10.1. The molecule has 0 aliphatic carbocycles. The summed E-state index contributed by atoms with van der Waals surface area (Å²) in [7, 11) is -3.92. The lowest BCUT2D eigenvalue weighted by Crippen LogP contribution is -2.40. The molecular formula is C11H16N2O5S2. The molecule has 1 heterocycles. The van der Waals surface area contributed by atoms with Crippen LogP contribution in [0.1, 0.15) is 23.5 Å². The summed E-state index contributed by atoms with van der Waals surface area (Å²) in [4.78, 5) is 21.6. The lowest BCUT2D eigenvalue weighted by molar-refractivity contribution is -0.118. The number of carbonyl (C=O) groups is 2. The minimum atomic E-state index is -3.92. The van der Waals surface area contributed by atoms with Crippen LogP contribution in [-0.2, 0) is 14.8 Å². The quantitative estimate of drug-likeness (QED) is 0.762. The van der Waals surface area contributed by atoms with Crippen molar-refractivity contribution in [2.24, 2.45) is 11.7 Å². The van der Waals surface area contributed by atoms with Crippen LogP contribution in [0, 0.1) is 5.92 Å². The standard InChI is InChI=1S/C11H16N2O5S2/c1-7(2)4-13(5-10(12)14)20(17,18)8-3-9(11(15)16)19-6-8/h3,6-7H,4-5H2,1-2H3,(H2,12,14)(H,15,16). The molecule has 0 spiro atoms. The van der Waals surface area contributed by atoms with E-state index in [0.29, 0.717) is 0 Å². The van der Waals surface area contributed by atoms with Crippen LogP contribution < -0.4 is 5.73 Å². The van der Waals surface area contributed by atoms with E-state index in [1.807, 2.05) is 0 Å². The number of hydrogen-bond acceptors (Lipinski definition) is 5. The maximum absolute atomic E-state index is 12.4. The van der Waals surface area contributed by atoms with Crippen molar-refractivity contribution in [1.29, 1.82) is 0 Å². The third-order valence-corrected chi connectivity index (χ3v) is 5.18. The van der Waals surface area contributed by atoms with Crippen molar-refractivity contribution in [3.8, 4) is 0 Å². The average Bonchev–Trinajstić information content (AvgIpc) is 2.76. The van der Waals surface area contributed by atoms with Crippen LogP contribution in [-0.4, -0.2) is 42.8 Å². The Morgan fingerprint density at radius 1 is 1.45 bits per heavy atom. The summed E-state index contributed by atoms with van der Waals surface area (Å²) in [5.41, 5.74) is 5.06. The number of carboxylic acids is 1. The molecule has 7 nitrogen and oxygen atoms in total. The fraction of sp³-hybridized carbons (Fsp3) is 0.455. The molecule has 0 saturated carbocycles. The molecule has 20 heavy (non-hydrogen) atoms. The van der Waals surface area contributed by atoms with E-state index in [1.54, 1.807) is 13.8 Å². The van der Waals surface area contributed by atoms with Crippen molar-refractivity contribution < 1.29 is 23.1 Å². The van der Waals surface area contributed by atoms with Gasteiger partial charge in [-0.3, -0.25) is 4.79 Å². The Morgan fingerprint density at radius 2 is 2.05 bits per heavy atom. The highest BCUT2D eigenvalue weighted by atomic mass is 32.2. The fourth-order valence-electron chi connectivity index (χ4n) is 1.54. The number of amides is 1. The molecule has 0 fully saturated rings. The minimum absolute atomic E-state index is 0.00158. The summed E-state index contributed by atoms with van der Waals surface area (Å²) in [6, 6.07) is 1.08. The molecule has 0 radical (unpaired) electrons. The maximum Gasteiger partial charge on any atom is 0.345 e. The number of aromatic carboxylic acids is 1. The van der Waals surface area contributed by atoms with Gasteiger partial charge < -0.3 is 10.8 Å². The van der Waals surface area contributed by atoms with Crippen molar-refractivity contribution in [3.63, 3.8) is 0 Å². The molecule has 0 atom stereocenters. The van der Waals surface area contributed by atoms with Gasteiger partial charge in [-0.1, -0.05) is 13.8 Å². The summed E-state index contributed by atoms with van der Waals surface area (Å²) >= 11 is 0.818. The van der Waals surface area contributed by atoms with Crippen molar-refractivity contribution in [2.75, 3.05) is 13.1 Å². The zero-order chi connectivity index (χ0) is 15.5. The first-order chi connectivity index (χ1) is 9.14. The highest BCUT2D eigenvalue weighted by Gasteiger charge is 2.28. The van der Waals surface area contributed by atoms with E-state index >= 15 is 0 Å². The third-order valence-electron chi connectivity index (χ3n) is 2.32. The highest BCUT2D eigenvalue weighted by Crippen LogP contribution is 2.23. The Balaban J connectivity index is 3.13. The van der Waals surface area contributed by atoms with Gasteiger partial charge in [0.1, 0.15) is 4.88 Å². The largest absolute Gasteiger partial charge is 0.477 e. The van der Waals surface area contributed by atoms with E-state index in [2.05, 4.69) is 0 Å². The molecule has 9 heteroatoms. The maximum atomic E-state index is 12.4. The number of thiophene rings is 1. The van der Waals surface area contributed by atoms with Crippen molar-refractivity contribution >= 4 is 33.2 Å². The summed E-state index contributed by atoms with van der Waals surface area (Å²) < 4.78 is 25.7. The van der Waals surface area contributed by atoms with E-state index in [4.69, 9.17) is 10.8 Å². The predicted octanol–water partition coefficient (Wildman–Crippen LogP) is 0.578. The van der Waals surface area contributed by atoms with Gasteiger partial charge in [0, 0.05) is 11.9 Å². The molecule has 1 rings (SSSR count). The van der Waals surface area contributed by atoms with Crippen LogP contribution >= 0.6 is 11.3 Å². The van der Waals surface area contributed by atoms with E-state index in [0.717, 1.165) is 21.7 Å². The van der Waals surface area contributed by atoms with Gasteiger partial charge in [0.25, 0.3) is 0 Å². The number of nitrogens with zero attached hydrogens (tertiary/aromatic N) is 1. The summed E-state index contributed by atoms with van der Waals surface area (Å²) in [6.07, 6.45) is 0. The normalized spacial score (nSPS) is 12.0. The van der Waals surface area contributed by atoms with Crippen LogP contribution in [0.3, 0.4) is 0 Å². The second kappa shape index (κ2) is 6.33. The number of nitrogens with two attached hydrogens (primary N) is 1. The lowest BCUT2D eigenvalue weighted by Gasteiger charge is -2.21. The molecule has 1 aromatic heterocycles. The van der Waals surface area contributed by atoms with Crippen LogP contribution in [0.25, 0.3) is 0 Å². The average molecular weight is 320 g/mol. The first-order valence-electron chi connectivity index (χ1n) is 5.75. The van der Waals surface area contributed by atoms with E-state index < -0.39 is 28.4 Å². The van der Waals surface area contributed by atoms with Crippen LogP contribution in [0.15, 0.2) is 16.3 Å². The SMILES string of the molecule is CC(C)CN(CC(N)=O)S(=O)(=O)c1csc(C(=O)O)c1. The van der Waals surface area contributed by atoms with Crippen LogP contribution in [0.5, 0.6) is 0 Å². The smallest absolute Gasteiger partial charge is 0.345 e. The Morgan fingerprint density at radius 3 is 2.45 bits per heavy atom. The van der Waals surface area contributed by atoms with Gasteiger partial charge in [0.2, 0.25) is 15.9 Å². The molecule has 0 aliphatic rings. The first kappa shape index (κ1) is 16.6.